The Hall–Kier alpha value is -0.370. The minimum absolute atomic E-state index is 0.336. The largest absolute Gasteiger partial charge is 0.368 e. The minimum Gasteiger partial charge on any atom is -0.368 e. The zero-order valence-electron chi connectivity index (χ0n) is 7.64. The van der Waals surface area contributed by atoms with Crippen LogP contribution in [0.25, 0.3) is 0 Å². The molecule has 2 aliphatic rings. The highest BCUT2D eigenvalue weighted by molar-refractivity contribution is 5.87. The first-order valence-corrected chi connectivity index (χ1v) is 4.88. The van der Waals surface area contributed by atoms with Crippen molar-refractivity contribution in [1.82, 2.24) is 0 Å². The van der Waals surface area contributed by atoms with Crippen LogP contribution >= 0.6 is 0 Å². The minimum atomic E-state index is -0.414. The van der Waals surface area contributed by atoms with Crippen molar-refractivity contribution < 1.29 is 9.53 Å². The third kappa shape index (κ3) is 1.53. The third-order valence-electron chi connectivity index (χ3n) is 2.98. The highest BCUT2D eigenvalue weighted by Crippen LogP contribution is 2.36. The lowest BCUT2D eigenvalue weighted by molar-refractivity contribution is -0.137. The lowest BCUT2D eigenvalue weighted by Crippen LogP contribution is -2.34. The first kappa shape index (κ1) is 8.24. The van der Waals surface area contributed by atoms with Crippen molar-refractivity contribution in [2.45, 2.75) is 44.6 Å². The van der Waals surface area contributed by atoms with E-state index in [1.54, 1.807) is 0 Å². The molecule has 1 saturated carbocycles. The fourth-order valence-corrected chi connectivity index (χ4v) is 1.80. The molecule has 2 nitrogen and oxygen atoms in total. The number of carbonyl (C=O) groups is 1. The number of ether oxygens (including phenoxy) is 1. The molecule has 0 bridgehead atoms. The Morgan fingerprint density at radius 3 is 2.83 bits per heavy atom. The van der Waals surface area contributed by atoms with Gasteiger partial charge in [0.15, 0.2) is 5.78 Å². The second-order valence-corrected chi connectivity index (χ2v) is 4.25. The number of rotatable bonds is 3. The van der Waals surface area contributed by atoms with Crippen LogP contribution < -0.4 is 0 Å². The van der Waals surface area contributed by atoms with Gasteiger partial charge in [-0.2, -0.15) is 0 Å². The number of ketones is 1. The van der Waals surface area contributed by atoms with Gasteiger partial charge in [0, 0.05) is 13.0 Å². The smallest absolute Gasteiger partial charge is 0.164 e. The van der Waals surface area contributed by atoms with Crippen molar-refractivity contribution in [3.63, 3.8) is 0 Å². The van der Waals surface area contributed by atoms with Crippen molar-refractivity contribution in [3.05, 3.63) is 0 Å². The molecule has 1 unspecified atom stereocenters. The van der Waals surface area contributed by atoms with Gasteiger partial charge in [-0.1, -0.05) is 0 Å². The van der Waals surface area contributed by atoms with Crippen LogP contribution in [0.4, 0.5) is 0 Å². The average molecular weight is 168 g/mol. The topological polar surface area (TPSA) is 26.3 Å². The monoisotopic (exact) mass is 168 g/mol. The first-order valence-electron chi connectivity index (χ1n) is 4.88. The summed E-state index contributed by atoms with van der Waals surface area (Å²) < 4.78 is 5.48. The number of hydrogen-bond donors (Lipinski definition) is 0. The molecule has 0 radical (unpaired) electrons. The van der Waals surface area contributed by atoms with E-state index in [1.807, 2.05) is 6.92 Å². The normalized spacial score (nSPS) is 35.4. The molecule has 1 heterocycles. The van der Waals surface area contributed by atoms with Crippen molar-refractivity contribution in [2.24, 2.45) is 5.92 Å². The van der Waals surface area contributed by atoms with E-state index in [2.05, 4.69) is 0 Å². The quantitative estimate of drug-likeness (QED) is 0.643. The van der Waals surface area contributed by atoms with Crippen molar-refractivity contribution in [1.29, 1.82) is 0 Å². The molecular weight excluding hydrogens is 152 g/mol. The molecule has 1 aliphatic carbocycles. The molecule has 1 saturated heterocycles. The van der Waals surface area contributed by atoms with Crippen LogP contribution in [0.3, 0.4) is 0 Å². The summed E-state index contributed by atoms with van der Waals surface area (Å²) in [5, 5.41) is 0. The van der Waals surface area contributed by atoms with Gasteiger partial charge in [0.1, 0.15) is 5.60 Å². The van der Waals surface area contributed by atoms with Gasteiger partial charge < -0.3 is 4.74 Å². The van der Waals surface area contributed by atoms with E-state index in [9.17, 15) is 4.79 Å². The van der Waals surface area contributed by atoms with Gasteiger partial charge in [-0.25, -0.2) is 0 Å². The van der Waals surface area contributed by atoms with E-state index in [4.69, 9.17) is 4.74 Å². The van der Waals surface area contributed by atoms with Gasteiger partial charge in [0.05, 0.1) is 0 Å². The zero-order chi connectivity index (χ0) is 8.60. The summed E-state index contributed by atoms with van der Waals surface area (Å²) >= 11 is 0. The van der Waals surface area contributed by atoms with E-state index in [-0.39, 0.29) is 0 Å². The summed E-state index contributed by atoms with van der Waals surface area (Å²) in [6.45, 7) is 2.72. The van der Waals surface area contributed by atoms with Crippen LogP contribution in [0.1, 0.15) is 39.0 Å². The molecule has 0 aromatic rings. The maximum Gasteiger partial charge on any atom is 0.164 e. The van der Waals surface area contributed by atoms with Crippen LogP contribution in [-0.4, -0.2) is 18.0 Å². The highest BCUT2D eigenvalue weighted by atomic mass is 16.5. The summed E-state index contributed by atoms with van der Waals surface area (Å²) in [6.07, 6.45) is 5.24. The van der Waals surface area contributed by atoms with Gasteiger partial charge >= 0.3 is 0 Å². The number of Topliss-reactive ketones (excluding diaryl/α,β-unsaturated/α-hetero) is 1. The fourth-order valence-electron chi connectivity index (χ4n) is 1.80. The number of carbonyl (C=O) groups excluding carboxylic acids is 1. The molecule has 2 heteroatoms. The van der Waals surface area contributed by atoms with E-state index in [1.165, 1.54) is 12.8 Å². The van der Waals surface area contributed by atoms with Crippen molar-refractivity contribution in [3.8, 4) is 0 Å². The Morgan fingerprint density at radius 2 is 2.33 bits per heavy atom. The Morgan fingerprint density at radius 1 is 1.58 bits per heavy atom. The Kier molecular flexibility index (Phi) is 1.95. The predicted molar refractivity (Wildman–Crippen MR) is 45.9 cm³/mol. The van der Waals surface area contributed by atoms with Crippen LogP contribution in [0.15, 0.2) is 0 Å². The molecule has 1 aliphatic heterocycles. The summed E-state index contributed by atoms with van der Waals surface area (Å²) in [7, 11) is 0. The second kappa shape index (κ2) is 2.84. The molecule has 2 fully saturated rings. The van der Waals surface area contributed by atoms with E-state index < -0.39 is 5.60 Å². The SMILES string of the molecule is CC1(C(=O)CC2CC2)CCCO1. The van der Waals surface area contributed by atoms with Gasteiger partial charge in [-0.05, 0) is 38.5 Å². The predicted octanol–water partition coefficient (Wildman–Crippen LogP) is 1.92. The Balaban J connectivity index is 1.91. The maximum absolute atomic E-state index is 11.7. The van der Waals surface area contributed by atoms with Crippen LogP contribution in [0, 0.1) is 5.92 Å². The van der Waals surface area contributed by atoms with Crippen LogP contribution in [0.2, 0.25) is 0 Å². The molecule has 2 rings (SSSR count). The summed E-state index contributed by atoms with van der Waals surface area (Å²) in [5.74, 6) is 1.03. The van der Waals surface area contributed by atoms with E-state index in [0.29, 0.717) is 11.7 Å². The molecule has 0 spiro atoms. The third-order valence-corrected chi connectivity index (χ3v) is 2.98. The Labute approximate surface area is 73.3 Å². The fraction of sp³-hybridized carbons (Fsp3) is 0.900. The summed E-state index contributed by atoms with van der Waals surface area (Å²) in [5.41, 5.74) is -0.414. The highest BCUT2D eigenvalue weighted by Gasteiger charge is 2.39. The van der Waals surface area contributed by atoms with E-state index >= 15 is 0 Å². The molecule has 0 amide bonds. The molecule has 0 aromatic heterocycles. The van der Waals surface area contributed by atoms with Gasteiger partial charge in [-0.15, -0.1) is 0 Å². The maximum atomic E-state index is 11.7. The molecule has 12 heavy (non-hydrogen) atoms. The molecule has 0 aromatic carbocycles. The average Bonchev–Trinajstić information content (AvgIpc) is 2.73. The van der Waals surface area contributed by atoms with Gasteiger partial charge in [-0.3, -0.25) is 4.79 Å². The lowest BCUT2D eigenvalue weighted by Gasteiger charge is -2.20. The summed E-state index contributed by atoms with van der Waals surface area (Å²) in [6, 6.07) is 0. The molecule has 1 atom stereocenters. The van der Waals surface area contributed by atoms with Gasteiger partial charge in [0.25, 0.3) is 0 Å². The zero-order valence-corrected chi connectivity index (χ0v) is 7.64. The molecule has 0 N–H and O–H groups in total. The lowest BCUT2D eigenvalue weighted by atomic mass is 9.94. The van der Waals surface area contributed by atoms with Crippen molar-refractivity contribution in [2.75, 3.05) is 6.61 Å². The molecular formula is C10H16O2. The standard InChI is InChI=1S/C10H16O2/c1-10(5-2-6-12-10)9(11)7-8-3-4-8/h8H,2-7H2,1H3. The van der Waals surface area contributed by atoms with Crippen molar-refractivity contribution >= 4 is 5.78 Å². The number of hydrogen-bond acceptors (Lipinski definition) is 2. The molecule has 68 valence electrons. The van der Waals surface area contributed by atoms with Crippen LogP contribution in [-0.2, 0) is 9.53 Å². The van der Waals surface area contributed by atoms with E-state index in [0.717, 1.165) is 25.9 Å². The second-order valence-electron chi connectivity index (χ2n) is 4.25. The first-order chi connectivity index (χ1) is 5.71. The van der Waals surface area contributed by atoms with Gasteiger partial charge in [0.2, 0.25) is 0 Å². The van der Waals surface area contributed by atoms with Crippen LogP contribution in [0.5, 0.6) is 0 Å². The Bertz CT molecular complexity index is 188. The summed E-state index contributed by atoms with van der Waals surface area (Å²) in [4.78, 5) is 11.7.